The van der Waals surface area contributed by atoms with Gasteiger partial charge in [0.15, 0.2) is 5.96 Å². The Hall–Kier alpha value is -1.67. The summed E-state index contributed by atoms with van der Waals surface area (Å²) in [4.78, 5) is 10.2. The van der Waals surface area contributed by atoms with Crippen LogP contribution in [0, 0.1) is 5.92 Å². The molecule has 0 aliphatic heterocycles. The minimum absolute atomic E-state index is 0. The summed E-state index contributed by atoms with van der Waals surface area (Å²) in [6, 6.07) is 14.6. The van der Waals surface area contributed by atoms with E-state index in [1.165, 1.54) is 15.8 Å². The Morgan fingerprint density at radius 2 is 2.00 bits per heavy atom. The molecular weight excluding hydrogens is 455 g/mol. The fourth-order valence-corrected chi connectivity index (χ4v) is 3.69. The molecule has 26 heavy (non-hydrogen) atoms. The zero-order valence-corrected chi connectivity index (χ0v) is 18.3. The Bertz CT molecular complexity index is 827. The predicted molar refractivity (Wildman–Crippen MR) is 123 cm³/mol. The standard InChI is InChI=1S/C20H24N4S.HI/c1-15(12-17-6-5-11-25-17)13-23-20(21-2)24-14-16-9-10-22-19-8-4-3-7-18(16)19;/h3-11,15H,12-14H2,1-2H3,(H2,21,23,24);1H. The molecule has 0 saturated carbocycles. The van der Waals surface area contributed by atoms with Crippen LogP contribution >= 0.6 is 35.3 Å². The quantitative estimate of drug-likeness (QED) is 0.311. The SMILES string of the molecule is CN=C(NCc1ccnc2ccccc12)NCC(C)Cc1cccs1.I. The van der Waals surface area contributed by atoms with Crippen molar-refractivity contribution >= 4 is 52.2 Å². The topological polar surface area (TPSA) is 49.3 Å². The Balaban J connectivity index is 0.00000243. The number of nitrogens with zero attached hydrogens (tertiary/aromatic N) is 2. The van der Waals surface area contributed by atoms with Gasteiger partial charge in [-0.05, 0) is 41.5 Å². The summed E-state index contributed by atoms with van der Waals surface area (Å²) in [7, 11) is 1.81. The van der Waals surface area contributed by atoms with Crippen molar-refractivity contribution in [2.45, 2.75) is 19.9 Å². The molecule has 3 aromatic rings. The third-order valence-corrected chi connectivity index (χ3v) is 5.06. The Kier molecular flexibility index (Phi) is 8.31. The highest BCUT2D eigenvalue weighted by Gasteiger charge is 2.07. The number of para-hydroxylation sites is 1. The highest BCUT2D eigenvalue weighted by atomic mass is 127. The fraction of sp³-hybridized carbons (Fsp3) is 0.300. The van der Waals surface area contributed by atoms with Crippen LogP contribution in [0.15, 0.2) is 59.0 Å². The number of rotatable bonds is 6. The van der Waals surface area contributed by atoms with Gasteiger partial charge in [0.2, 0.25) is 0 Å². The first-order chi connectivity index (χ1) is 12.3. The second-order valence-corrected chi connectivity index (χ2v) is 7.21. The number of hydrogen-bond acceptors (Lipinski definition) is 3. The molecule has 2 heterocycles. The highest BCUT2D eigenvalue weighted by Crippen LogP contribution is 2.16. The summed E-state index contributed by atoms with van der Waals surface area (Å²) in [5, 5.41) is 10.1. The van der Waals surface area contributed by atoms with Crippen molar-refractivity contribution in [3.63, 3.8) is 0 Å². The number of pyridine rings is 1. The van der Waals surface area contributed by atoms with Crippen LogP contribution in [0.25, 0.3) is 10.9 Å². The van der Waals surface area contributed by atoms with E-state index < -0.39 is 0 Å². The zero-order valence-electron chi connectivity index (χ0n) is 15.1. The molecule has 6 heteroatoms. The van der Waals surface area contributed by atoms with Crippen molar-refractivity contribution in [3.8, 4) is 0 Å². The third-order valence-electron chi connectivity index (χ3n) is 4.16. The molecule has 0 fully saturated rings. The van der Waals surface area contributed by atoms with Gasteiger partial charge in [-0.15, -0.1) is 35.3 Å². The molecule has 1 atom stereocenters. The summed E-state index contributed by atoms with van der Waals surface area (Å²) in [6.45, 7) is 3.88. The van der Waals surface area contributed by atoms with Crippen LogP contribution in [0.3, 0.4) is 0 Å². The molecule has 2 aromatic heterocycles. The van der Waals surface area contributed by atoms with E-state index in [0.29, 0.717) is 5.92 Å². The summed E-state index contributed by atoms with van der Waals surface area (Å²) >= 11 is 1.82. The number of guanidine groups is 1. The van der Waals surface area contributed by atoms with Crippen molar-refractivity contribution in [1.29, 1.82) is 0 Å². The summed E-state index contributed by atoms with van der Waals surface area (Å²) in [5.74, 6) is 1.39. The van der Waals surface area contributed by atoms with Crippen LogP contribution in [0.2, 0.25) is 0 Å². The summed E-state index contributed by atoms with van der Waals surface area (Å²) in [6.07, 6.45) is 2.95. The van der Waals surface area contributed by atoms with Gasteiger partial charge in [-0.25, -0.2) is 0 Å². The van der Waals surface area contributed by atoms with Gasteiger partial charge in [0.1, 0.15) is 0 Å². The molecule has 2 N–H and O–H groups in total. The molecule has 0 aliphatic rings. The molecule has 0 bridgehead atoms. The number of benzene rings is 1. The van der Waals surface area contributed by atoms with Crippen molar-refractivity contribution in [1.82, 2.24) is 15.6 Å². The smallest absolute Gasteiger partial charge is 0.191 e. The average Bonchev–Trinajstić information content (AvgIpc) is 3.15. The molecular formula is C20H25IN4S. The van der Waals surface area contributed by atoms with Crippen LogP contribution in [0.1, 0.15) is 17.4 Å². The highest BCUT2D eigenvalue weighted by molar-refractivity contribution is 14.0. The monoisotopic (exact) mass is 480 g/mol. The van der Waals surface area contributed by atoms with Gasteiger partial charge >= 0.3 is 0 Å². The number of nitrogens with one attached hydrogen (secondary N) is 2. The largest absolute Gasteiger partial charge is 0.356 e. The first-order valence-electron chi connectivity index (χ1n) is 8.56. The van der Waals surface area contributed by atoms with E-state index in [1.54, 1.807) is 0 Å². The van der Waals surface area contributed by atoms with E-state index in [1.807, 2.05) is 42.8 Å². The summed E-state index contributed by atoms with van der Waals surface area (Å²) < 4.78 is 0. The number of hydrogen-bond donors (Lipinski definition) is 2. The molecule has 1 unspecified atom stereocenters. The van der Waals surface area contributed by atoms with Gasteiger partial charge in [0.25, 0.3) is 0 Å². The molecule has 0 spiro atoms. The molecule has 4 nitrogen and oxygen atoms in total. The van der Waals surface area contributed by atoms with Gasteiger partial charge in [-0.3, -0.25) is 9.98 Å². The van der Waals surface area contributed by atoms with Crippen molar-refractivity contribution in [2.75, 3.05) is 13.6 Å². The van der Waals surface area contributed by atoms with Crippen LogP contribution in [-0.2, 0) is 13.0 Å². The van der Waals surface area contributed by atoms with Crippen molar-refractivity contribution in [2.24, 2.45) is 10.9 Å². The lowest BCUT2D eigenvalue weighted by Gasteiger charge is -2.16. The van der Waals surface area contributed by atoms with Crippen LogP contribution in [0.4, 0.5) is 0 Å². The first kappa shape index (κ1) is 20.6. The number of halogens is 1. The summed E-state index contributed by atoms with van der Waals surface area (Å²) in [5.41, 5.74) is 2.24. The van der Waals surface area contributed by atoms with Crippen LogP contribution in [0.5, 0.6) is 0 Å². The first-order valence-corrected chi connectivity index (χ1v) is 9.43. The Morgan fingerprint density at radius 1 is 1.15 bits per heavy atom. The van der Waals surface area contributed by atoms with Gasteiger partial charge in [0.05, 0.1) is 5.52 Å². The maximum absolute atomic E-state index is 4.41. The van der Waals surface area contributed by atoms with Crippen LogP contribution in [-0.4, -0.2) is 24.5 Å². The number of aliphatic imine (C=N–C) groups is 1. The molecule has 0 aliphatic carbocycles. The molecule has 0 amide bonds. The molecule has 0 radical (unpaired) electrons. The predicted octanol–water partition coefficient (Wildman–Crippen LogP) is 4.46. The molecule has 3 rings (SSSR count). The average molecular weight is 480 g/mol. The van der Waals surface area contributed by atoms with Gasteiger partial charge < -0.3 is 10.6 Å². The minimum Gasteiger partial charge on any atom is -0.356 e. The van der Waals surface area contributed by atoms with Gasteiger partial charge in [0, 0.05) is 36.6 Å². The normalized spacial score (nSPS) is 12.5. The molecule has 0 saturated heterocycles. The Morgan fingerprint density at radius 3 is 2.77 bits per heavy atom. The molecule has 1 aromatic carbocycles. The maximum atomic E-state index is 4.41. The lowest BCUT2D eigenvalue weighted by molar-refractivity contribution is 0.562. The lowest BCUT2D eigenvalue weighted by atomic mass is 10.1. The fourth-order valence-electron chi connectivity index (χ4n) is 2.82. The number of thiophene rings is 1. The third kappa shape index (κ3) is 5.67. The Labute approximate surface area is 176 Å². The lowest BCUT2D eigenvalue weighted by Crippen LogP contribution is -2.39. The molecule has 138 valence electrons. The van der Waals surface area contributed by atoms with E-state index >= 15 is 0 Å². The second kappa shape index (κ2) is 10.5. The van der Waals surface area contributed by atoms with E-state index in [2.05, 4.69) is 57.2 Å². The van der Waals surface area contributed by atoms with Crippen molar-refractivity contribution < 1.29 is 0 Å². The maximum Gasteiger partial charge on any atom is 0.191 e. The van der Waals surface area contributed by atoms with E-state index in [4.69, 9.17) is 0 Å². The second-order valence-electron chi connectivity index (χ2n) is 6.18. The van der Waals surface area contributed by atoms with E-state index in [9.17, 15) is 0 Å². The van der Waals surface area contributed by atoms with Crippen LogP contribution < -0.4 is 10.6 Å². The number of aromatic nitrogens is 1. The van der Waals surface area contributed by atoms with Gasteiger partial charge in [-0.1, -0.05) is 31.2 Å². The van der Waals surface area contributed by atoms with Gasteiger partial charge in [-0.2, -0.15) is 0 Å². The zero-order chi connectivity index (χ0) is 17.5. The van der Waals surface area contributed by atoms with Crippen molar-refractivity contribution in [3.05, 3.63) is 64.5 Å². The minimum atomic E-state index is 0. The van der Waals surface area contributed by atoms with E-state index in [0.717, 1.165) is 31.0 Å². The number of fused-ring (bicyclic) bond motifs is 1. The van der Waals surface area contributed by atoms with E-state index in [-0.39, 0.29) is 24.0 Å².